The highest BCUT2D eigenvalue weighted by atomic mass is 19.2. The highest BCUT2D eigenvalue weighted by molar-refractivity contribution is 6.36. The summed E-state index contributed by atoms with van der Waals surface area (Å²) in [5, 5.41) is 2.73. The number of hydrogen-bond acceptors (Lipinski definition) is 4. The Labute approximate surface area is 172 Å². The Balaban J connectivity index is 1.91. The number of anilines is 1. The fraction of sp³-hybridized carbons (Fsp3) is 0.273. The molecule has 8 heteroatoms. The molecule has 0 unspecified atom stereocenters. The Bertz CT molecular complexity index is 988. The zero-order chi connectivity index (χ0) is 21.8. The predicted octanol–water partition coefficient (Wildman–Crippen LogP) is 4.11. The SMILES string of the molecule is CC(C)OCCCN1C(=O)C(Nc2ccc(F)c(F)c2)=C(c2ccc(F)cc2)C1=O. The van der Waals surface area contributed by atoms with E-state index in [-0.39, 0.29) is 29.6 Å². The number of halogens is 3. The molecule has 2 amide bonds. The number of imide groups is 1. The molecule has 1 aliphatic heterocycles. The molecule has 0 atom stereocenters. The molecule has 2 aromatic carbocycles. The van der Waals surface area contributed by atoms with Crippen LogP contribution in [0.3, 0.4) is 0 Å². The second kappa shape index (κ2) is 9.13. The predicted molar refractivity (Wildman–Crippen MR) is 106 cm³/mol. The summed E-state index contributed by atoms with van der Waals surface area (Å²) >= 11 is 0. The number of ether oxygens (including phenoxy) is 1. The largest absolute Gasteiger partial charge is 0.379 e. The van der Waals surface area contributed by atoms with E-state index < -0.39 is 29.3 Å². The molecule has 0 saturated carbocycles. The Morgan fingerprint density at radius 2 is 1.67 bits per heavy atom. The third kappa shape index (κ3) is 4.71. The van der Waals surface area contributed by atoms with Crippen LogP contribution in [0.15, 0.2) is 48.2 Å². The summed E-state index contributed by atoms with van der Waals surface area (Å²) in [5.74, 6) is -3.78. The maximum atomic E-state index is 13.6. The minimum atomic E-state index is -1.09. The van der Waals surface area contributed by atoms with Crippen molar-refractivity contribution in [1.82, 2.24) is 4.90 Å². The van der Waals surface area contributed by atoms with Crippen LogP contribution in [0.25, 0.3) is 5.57 Å². The molecule has 0 spiro atoms. The van der Waals surface area contributed by atoms with E-state index in [0.29, 0.717) is 18.6 Å². The minimum absolute atomic E-state index is 0.0217. The van der Waals surface area contributed by atoms with Gasteiger partial charge in [-0.25, -0.2) is 13.2 Å². The van der Waals surface area contributed by atoms with E-state index >= 15 is 0 Å². The molecule has 5 nitrogen and oxygen atoms in total. The molecular weight excluding hydrogens is 397 g/mol. The van der Waals surface area contributed by atoms with Gasteiger partial charge < -0.3 is 10.1 Å². The molecule has 0 aliphatic carbocycles. The standard InChI is InChI=1S/C22H21F3N2O3/c1-13(2)30-11-3-10-27-21(28)19(14-4-6-15(23)7-5-14)20(22(27)29)26-16-8-9-17(24)18(25)12-16/h4-9,12-13,26H,3,10-11H2,1-2H3. The summed E-state index contributed by atoms with van der Waals surface area (Å²) < 4.78 is 45.6. The van der Waals surface area contributed by atoms with Gasteiger partial charge in [-0.1, -0.05) is 12.1 Å². The number of nitrogens with zero attached hydrogens (tertiary/aromatic N) is 1. The van der Waals surface area contributed by atoms with Crippen LogP contribution in [0.5, 0.6) is 0 Å². The summed E-state index contributed by atoms with van der Waals surface area (Å²) in [7, 11) is 0. The molecule has 0 radical (unpaired) electrons. The van der Waals surface area contributed by atoms with Crippen LogP contribution in [-0.4, -0.2) is 36.0 Å². The normalized spacial score (nSPS) is 14.3. The molecule has 2 aromatic rings. The number of amides is 2. The molecule has 0 saturated heterocycles. The Hall–Kier alpha value is -3.13. The Morgan fingerprint density at radius 3 is 2.30 bits per heavy atom. The number of benzene rings is 2. The van der Waals surface area contributed by atoms with Crippen molar-refractivity contribution >= 4 is 23.1 Å². The zero-order valence-corrected chi connectivity index (χ0v) is 16.5. The molecule has 0 aromatic heterocycles. The van der Waals surface area contributed by atoms with Gasteiger partial charge in [-0.15, -0.1) is 0 Å². The Morgan fingerprint density at radius 1 is 0.967 bits per heavy atom. The molecule has 158 valence electrons. The van der Waals surface area contributed by atoms with E-state index in [1.807, 2.05) is 13.8 Å². The van der Waals surface area contributed by atoms with Crippen LogP contribution in [0.2, 0.25) is 0 Å². The first-order chi connectivity index (χ1) is 14.3. The van der Waals surface area contributed by atoms with Crippen molar-refractivity contribution in [2.75, 3.05) is 18.5 Å². The fourth-order valence-electron chi connectivity index (χ4n) is 3.04. The quantitative estimate of drug-likeness (QED) is 0.518. The van der Waals surface area contributed by atoms with Crippen molar-refractivity contribution in [3.05, 3.63) is 71.2 Å². The lowest BCUT2D eigenvalue weighted by Crippen LogP contribution is -2.34. The van der Waals surface area contributed by atoms with Crippen LogP contribution < -0.4 is 5.32 Å². The first kappa shape index (κ1) is 21.6. The topological polar surface area (TPSA) is 58.6 Å². The average Bonchev–Trinajstić information content (AvgIpc) is 2.92. The van der Waals surface area contributed by atoms with Gasteiger partial charge in [0.1, 0.15) is 11.5 Å². The lowest BCUT2D eigenvalue weighted by Gasteiger charge is -2.16. The molecule has 3 rings (SSSR count). The monoisotopic (exact) mass is 418 g/mol. The number of nitrogens with one attached hydrogen (secondary N) is 1. The lowest BCUT2D eigenvalue weighted by molar-refractivity contribution is -0.137. The molecule has 0 bridgehead atoms. The van der Waals surface area contributed by atoms with Crippen molar-refractivity contribution < 1.29 is 27.5 Å². The second-order valence-electron chi connectivity index (χ2n) is 7.05. The fourth-order valence-corrected chi connectivity index (χ4v) is 3.04. The summed E-state index contributed by atoms with van der Waals surface area (Å²) in [4.78, 5) is 27.0. The van der Waals surface area contributed by atoms with Gasteiger partial charge in [0, 0.05) is 24.9 Å². The highest BCUT2D eigenvalue weighted by Gasteiger charge is 2.39. The van der Waals surface area contributed by atoms with E-state index in [4.69, 9.17) is 4.74 Å². The lowest BCUT2D eigenvalue weighted by atomic mass is 10.0. The smallest absolute Gasteiger partial charge is 0.278 e. The number of carbonyl (C=O) groups excluding carboxylic acids is 2. The molecule has 1 N–H and O–H groups in total. The van der Waals surface area contributed by atoms with Crippen molar-refractivity contribution in [3.63, 3.8) is 0 Å². The van der Waals surface area contributed by atoms with E-state index in [9.17, 15) is 22.8 Å². The van der Waals surface area contributed by atoms with Gasteiger partial charge in [0.25, 0.3) is 11.8 Å². The van der Waals surface area contributed by atoms with Gasteiger partial charge in [0.15, 0.2) is 11.6 Å². The van der Waals surface area contributed by atoms with Crippen molar-refractivity contribution in [2.24, 2.45) is 0 Å². The molecule has 1 aliphatic rings. The third-order valence-electron chi connectivity index (χ3n) is 4.47. The van der Waals surface area contributed by atoms with Crippen LogP contribution in [0.1, 0.15) is 25.8 Å². The molecule has 1 heterocycles. The van der Waals surface area contributed by atoms with E-state index in [2.05, 4.69) is 5.32 Å². The maximum absolute atomic E-state index is 13.6. The van der Waals surface area contributed by atoms with Crippen LogP contribution in [0, 0.1) is 17.5 Å². The van der Waals surface area contributed by atoms with Crippen LogP contribution >= 0.6 is 0 Å². The van der Waals surface area contributed by atoms with Gasteiger partial charge in [0.05, 0.1) is 11.7 Å². The maximum Gasteiger partial charge on any atom is 0.278 e. The zero-order valence-electron chi connectivity index (χ0n) is 16.5. The van der Waals surface area contributed by atoms with Gasteiger partial charge >= 0.3 is 0 Å². The van der Waals surface area contributed by atoms with E-state index in [1.165, 1.54) is 30.3 Å². The van der Waals surface area contributed by atoms with E-state index in [1.54, 1.807) is 0 Å². The molecule has 30 heavy (non-hydrogen) atoms. The van der Waals surface area contributed by atoms with Crippen molar-refractivity contribution in [2.45, 2.75) is 26.4 Å². The average molecular weight is 418 g/mol. The van der Waals surface area contributed by atoms with Crippen LogP contribution in [0.4, 0.5) is 18.9 Å². The van der Waals surface area contributed by atoms with Gasteiger partial charge in [-0.3, -0.25) is 14.5 Å². The van der Waals surface area contributed by atoms with Crippen molar-refractivity contribution in [3.8, 4) is 0 Å². The van der Waals surface area contributed by atoms with Crippen molar-refractivity contribution in [1.29, 1.82) is 0 Å². The number of rotatable bonds is 8. The van der Waals surface area contributed by atoms with Crippen LogP contribution in [-0.2, 0) is 14.3 Å². The third-order valence-corrected chi connectivity index (χ3v) is 4.47. The first-order valence-corrected chi connectivity index (χ1v) is 9.48. The summed E-state index contributed by atoms with van der Waals surface area (Å²) in [6.07, 6.45) is 0.457. The molecular formula is C22H21F3N2O3. The number of hydrogen-bond donors (Lipinski definition) is 1. The second-order valence-corrected chi connectivity index (χ2v) is 7.05. The summed E-state index contributed by atoms with van der Waals surface area (Å²) in [6, 6.07) is 8.18. The first-order valence-electron chi connectivity index (χ1n) is 9.48. The highest BCUT2D eigenvalue weighted by Crippen LogP contribution is 2.31. The minimum Gasteiger partial charge on any atom is -0.379 e. The van der Waals surface area contributed by atoms with E-state index in [0.717, 1.165) is 17.0 Å². The Kier molecular flexibility index (Phi) is 6.56. The molecule has 0 fully saturated rings. The number of carbonyl (C=O) groups is 2. The van der Waals surface area contributed by atoms with Gasteiger partial charge in [-0.2, -0.15) is 0 Å². The summed E-state index contributed by atoms with van der Waals surface area (Å²) in [5.41, 5.74) is 0.396. The van der Waals surface area contributed by atoms with Gasteiger partial charge in [0.2, 0.25) is 0 Å². The summed E-state index contributed by atoms with van der Waals surface area (Å²) in [6.45, 7) is 4.25. The van der Waals surface area contributed by atoms with Gasteiger partial charge in [-0.05, 0) is 50.1 Å².